The molecule has 0 bridgehead atoms. The summed E-state index contributed by atoms with van der Waals surface area (Å²) in [5.41, 5.74) is 1.83. The number of carbonyl (C=O) groups excluding carboxylic acids is 1. The third-order valence-corrected chi connectivity index (χ3v) is 5.80. The minimum Gasteiger partial charge on any atom is -0.325 e. The highest BCUT2D eigenvalue weighted by molar-refractivity contribution is 7.18. The summed E-state index contributed by atoms with van der Waals surface area (Å²) in [7, 11) is 1.96. The summed E-state index contributed by atoms with van der Waals surface area (Å²) < 4.78 is 1.18. The molecule has 5 heteroatoms. The van der Waals surface area contributed by atoms with E-state index in [1.54, 1.807) is 11.3 Å². The van der Waals surface area contributed by atoms with Crippen LogP contribution in [0.5, 0.6) is 0 Å². The molecule has 0 aliphatic rings. The van der Waals surface area contributed by atoms with Crippen molar-refractivity contribution >= 4 is 43.9 Å². The van der Waals surface area contributed by atoms with Crippen LogP contribution in [0.2, 0.25) is 0 Å². The lowest BCUT2D eigenvalue weighted by Gasteiger charge is -2.23. The van der Waals surface area contributed by atoms with E-state index in [0.29, 0.717) is 6.54 Å². The average Bonchev–Trinajstić information content (AvgIpc) is 3.09. The Morgan fingerprint density at radius 3 is 2.63 bits per heavy atom. The second-order valence-electron chi connectivity index (χ2n) is 6.72. The lowest BCUT2D eigenvalue weighted by molar-refractivity contribution is -0.120. The maximum absolute atomic E-state index is 12.7. The van der Waals surface area contributed by atoms with E-state index >= 15 is 0 Å². The standard InChI is InChI=1S/C22H21N3OS/c1-15(25(2)14-21-24-19-9-5-6-10-20(19)27-21)22(26)23-18-12-11-16-7-3-4-8-17(16)13-18/h3-13,15H,14H2,1-2H3,(H,23,26)/t15-/m0/s1. The first-order valence-electron chi connectivity index (χ1n) is 8.94. The van der Waals surface area contributed by atoms with E-state index in [1.165, 1.54) is 4.70 Å². The summed E-state index contributed by atoms with van der Waals surface area (Å²) in [6, 6.07) is 22.0. The highest BCUT2D eigenvalue weighted by Crippen LogP contribution is 2.23. The zero-order valence-electron chi connectivity index (χ0n) is 15.3. The molecule has 0 saturated carbocycles. The van der Waals surface area contributed by atoms with Gasteiger partial charge in [0, 0.05) is 5.69 Å². The molecule has 4 rings (SSSR count). The summed E-state index contributed by atoms with van der Waals surface area (Å²) in [5.74, 6) is -0.0195. The van der Waals surface area contributed by atoms with Crippen LogP contribution in [0.3, 0.4) is 0 Å². The second kappa shape index (κ2) is 7.47. The summed E-state index contributed by atoms with van der Waals surface area (Å²) in [6.45, 7) is 2.56. The molecule has 4 aromatic rings. The number of amides is 1. The molecule has 1 aromatic heterocycles. The van der Waals surface area contributed by atoms with Crippen molar-refractivity contribution in [3.63, 3.8) is 0 Å². The molecule has 0 radical (unpaired) electrons. The SMILES string of the molecule is C[C@@H](C(=O)Nc1ccc2ccccc2c1)N(C)Cc1nc2ccccc2s1. The van der Waals surface area contributed by atoms with E-state index in [0.717, 1.165) is 27.0 Å². The lowest BCUT2D eigenvalue weighted by Crippen LogP contribution is -2.39. The van der Waals surface area contributed by atoms with Gasteiger partial charge in [-0.2, -0.15) is 0 Å². The van der Waals surface area contributed by atoms with Crippen molar-refractivity contribution in [3.8, 4) is 0 Å². The Kier molecular flexibility index (Phi) is 4.88. The van der Waals surface area contributed by atoms with Gasteiger partial charge in [-0.15, -0.1) is 11.3 Å². The molecule has 27 heavy (non-hydrogen) atoms. The first-order chi connectivity index (χ1) is 13.1. The number of anilines is 1. The molecule has 0 unspecified atom stereocenters. The molecule has 0 fully saturated rings. The smallest absolute Gasteiger partial charge is 0.241 e. The van der Waals surface area contributed by atoms with Crippen LogP contribution in [0.25, 0.3) is 21.0 Å². The van der Waals surface area contributed by atoms with Crippen molar-refractivity contribution < 1.29 is 4.79 Å². The van der Waals surface area contributed by atoms with Crippen LogP contribution in [0.1, 0.15) is 11.9 Å². The predicted molar refractivity (Wildman–Crippen MR) is 113 cm³/mol. The normalized spacial score (nSPS) is 12.6. The van der Waals surface area contributed by atoms with Gasteiger partial charge in [-0.05, 0) is 49.0 Å². The van der Waals surface area contributed by atoms with Gasteiger partial charge in [-0.1, -0.05) is 42.5 Å². The van der Waals surface area contributed by atoms with Gasteiger partial charge in [-0.3, -0.25) is 9.69 Å². The summed E-state index contributed by atoms with van der Waals surface area (Å²) in [4.78, 5) is 19.4. The maximum atomic E-state index is 12.7. The molecule has 4 nitrogen and oxygen atoms in total. The highest BCUT2D eigenvalue weighted by atomic mass is 32.1. The van der Waals surface area contributed by atoms with Gasteiger partial charge < -0.3 is 5.32 Å². The fourth-order valence-corrected chi connectivity index (χ4v) is 4.08. The first kappa shape index (κ1) is 17.6. The first-order valence-corrected chi connectivity index (χ1v) is 9.76. The fraction of sp³-hybridized carbons (Fsp3) is 0.182. The van der Waals surface area contributed by atoms with Gasteiger partial charge in [0.25, 0.3) is 0 Å². The van der Waals surface area contributed by atoms with Crippen molar-refractivity contribution in [2.45, 2.75) is 19.5 Å². The quantitative estimate of drug-likeness (QED) is 0.539. The van der Waals surface area contributed by atoms with Crippen LogP contribution < -0.4 is 5.32 Å². The van der Waals surface area contributed by atoms with E-state index < -0.39 is 0 Å². The molecule has 136 valence electrons. The van der Waals surface area contributed by atoms with Crippen molar-refractivity contribution in [1.82, 2.24) is 9.88 Å². The number of thiazole rings is 1. The number of nitrogens with zero attached hydrogens (tertiary/aromatic N) is 2. The number of para-hydroxylation sites is 1. The van der Waals surface area contributed by atoms with Gasteiger partial charge in [0.2, 0.25) is 5.91 Å². The minimum absolute atomic E-state index is 0.0195. The van der Waals surface area contributed by atoms with Crippen molar-refractivity contribution in [1.29, 1.82) is 0 Å². The van der Waals surface area contributed by atoms with Crippen LogP contribution in [-0.4, -0.2) is 28.9 Å². The van der Waals surface area contributed by atoms with Crippen LogP contribution in [0.4, 0.5) is 5.69 Å². The summed E-state index contributed by atoms with van der Waals surface area (Å²) >= 11 is 1.68. The molecule has 1 atom stereocenters. The monoisotopic (exact) mass is 375 g/mol. The number of likely N-dealkylation sites (N-methyl/N-ethyl adjacent to an activating group) is 1. The number of benzene rings is 3. The van der Waals surface area contributed by atoms with Crippen LogP contribution in [0.15, 0.2) is 66.7 Å². The van der Waals surface area contributed by atoms with Gasteiger partial charge >= 0.3 is 0 Å². The third-order valence-electron chi connectivity index (χ3n) is 4.78. The van der Waals surface area contributed by atoms with Crippen LogP contribution in [-0.2, 0) is 11.3 Å². The number of carbonyl (C=O) groups is 1. The Balaban J connectivity index is 1.43. The molecule has 1 heterocycles. The van der Waals surface area contributed by atoms with Crippen molar-refractivity contribution in [3.05, 3.63) is 71.7 Å². The molecule has 0 saturated heterocycles. The molecule has 0 aliphatic heterocycles. The second-order valence-corrected chi connectivity index (χ2v) is 7.83. The number of hydrogen-bond acceptors (Lipinski definition) is 4. The number of rotatable bonds is 5. The van der Waals surface area contributed by atoms with Crippen molar-refractivity contribution in [2.75, 3.05) is 12.4 Å². The predicted octanol–water partition coefficient (Wildman–Crippen LogP) is 4.91. The Morgan fingerprint density at radius 2 is 1.81 bits per heavy atom. The number of aromatic nitrogens is 1. The van der Waals surface area contributed by atoms with Gasteiger partial charge in [0.15, 0.2) is 0 Å². The molecule has 0 aliphatic carbocycles. The van der Waals surface area contributed by atoms with E-state index in [1.807, 2.05) is 73.5 Å². The molecule has 1 N–H and O–H groups in total. The Morgan fingerprint density at radius 1 is 1.07 bits per heavy atom. The van der Waals surface area contributed by atoms with E-state index in [2.05, 4.69) is 22.4 Å². The number of nitrogens with one attached hydrogen (secondary N) is 1. The highest BCUT2D eigenvalue weighted by Gasteiger charge is 2.19. The zero-order chi connectivity index (χ0) is 18.8. The zero-order valence-corrected chi connectivity index (χ0v) is 16.2. The van der Waals surface area contributed by atoms with Crippen LogP contribution in [0, 0.1) is 0 Å². The van der Waals surface area contributed by atoms with E-state index in [-0.39, 0.29) is 11.9 Å². The van der Waals surface area contributed by atoms with Crippen LogP contribution >= 0.6 is 11.3 Å². The fourth-order valence-electron chi connectivity index (χ4n) is 3.05. The Hall–Kier alpha value is -2.76. The Bertz CT molecular complexity index is 1070. The third kappa shape index (κ3) is 3.84. The maximum Gasteiger partial charge on any atom is 0.241 e. The topological polar surface area (TPSA) is 45.2 Å². The molecule has 3 aromatic carbocycles. The minimum atomic E-state index is -0.261. The lowest BCUT2D eigenvalue weighted by atomic mass is 10.1. The Labute approximate surface area is 162 Å². The summed E-state index contributed by atoms with van der Waals surface area (Å²) in [5, 5.41) is 6.33. The average molecular weight is 375 g/mol. The molecular weight excluding hydrogens is 354 g/mol. The van der Waals surface area contributed by atoms with Gasteiger partial charge in [0.1, 0.15) is 5.01 Å². The summed E-state index contributed by atoms with van der Waals surface area (Å²) in [6.07, 6.45) is 0. The number of fused-ring (bicyclic) bond motifs is 2. The van der Waals surface area contributed by atoms with E-state index in [9.17, 15) is 4.79 Å². The molecule has 0 spiro atoms. The number of hydrogen-bond donors (Lipinski definition) is 1. The molecule has 1 amide bonds. The molecular formula is C22H21N3OS. The van der Waals surface area contributed by atoms with Gasteiger partial charge in [-0.25, -0.2) is 4.98 Å². The van der Waals surface area contributed by atoms with Gasteiger partial charge in [0.05, 0.1) is 22.8 Å². The van der Waals surface area contributed by atoms with E-state index in [4.69, 9.17) is 0 Å². The van der Waals surface area contributed by atoms with Crippen molar-refractivity contribution in [2.24, 2.45) is 0 Å². The largest absolute Gasteiger partial charge is 0.325 e.